The molecular weight excluding hydrogens is 282 g/mol. The zero-order chi connectivity index (χ0) is 14.7. The van der Waals surface area contributed by atoms with Crippen LogP contribution in [0.4, 0.5) is 8.78 Å². The zero-order valence-corrected chi connectivity index (χ0v) is 12.0. The van der Waals surface area contributed by atoms with E-state index in [0.717, 1.165) is 11.3 Å². The Labute approximate surface area is 122 Å². The van der Waals surface area contributed by atoms with Crippen LogP contribution in [0.3, 0.4) is 0 Å². The maximum atomic E-state index is 14.0. The van der Waals surface area contributed by atoms with Gasteiger partial charge in [0, 0.05) is 5.56 Å². The van der Waals surface area contributed by atoms with Crippen molar-refractivity contribution in [2.75, 3.05) is 7.11 Å². The fourth-order valence-corrected chi connectivity index (χ4v) is 2.41. The topological polar surface area (TPSA) is 9.23 Å². The third-order valence-electron chi connectivity index (χ3n) is 3.21. The van der Waals surface area contributed by atoms with Crippen LogP contribution in [0, 0.1) is 18.6 Å². The maximum absolute atomic E-state index is 14.0. The van der Waals surface area contributed by atoms with Gasteiger partial charge < -0.3 is 4.74 Å². The highest BCUT2D eigenvalue weighted by Gasteiger charge is 2.20. The minimum absolute atomic E-state index is 0.0671. The molecule has 1 unspecified atom stereocenters. The van der Waals surface area contributed by atoms with E-state index in [1.54, 1.807) is 26.2 Å². The van der Waals surface area contributed by atoms with Crippen molar-refractivity contribution in [1.29, 1.82) is 0 Å². The molecule has 1 nitrogen and oxygen atoms in total. The largest absolute Gasteiger partial charge is 0.497 e. The highest BCUT2D eigenvalue weighted by atomic mass is 35.5. The lowest BCUT2D eigenvalue weighted by molar-refractivity contribution is 0.414. The van der Waals surface area contributed by atoms with Crippen molar-refractivity contribution >= 4 is 11.6 Å². The van der Waals surface area contributed by atoms with Crippen LogP contribution in [0.2, 0.25) is 0 Å². The molecule has 0 saturated carbocycles. The number of methoxy groups -OCH3 is 1. The maximum Gasteiger partial charge on any atom is 0.133 e. The summed E-state index contributed by atoms with van der Waals surface area (Å²) in [5.41, 5.74) is 1.22. The summed E-state index contributed by atoms with van der Waals surface area (Å²) in [6, 6.07) is 9.91. The van der Waals surface area contributed by atoms with Gasteiger partial charge in [-0.15, -0.1) is 11.6 Å². The molecule has 2 aromatic carbocycles. The molecule has 20 heavy (non-hydrogen) atoms. The standard InChI is InChI=1S/C16H15ClF2O/c1-10-3-8-14(18)15(16(10)19)13(17)9-11-4-6-12(20-2)7-5-11/h3-8,13H,9H2,1-2H3. The molecule has 0 fully saturated rings. The first-order valence-electron chi connectivity index (χ1n) is 6.24. The summed E-state index contributed by atoms with van der Waals surface area (Å²) in [4.78, 5) is 0. The molecule has 2 aromatic rings. The highest BCUT2D eigenvalue weighted by Crippen LogP contribution is 2.31. The van der Waals surface area contributed by atoms with E-state index in [9.17, 15) is 8.78 Å². The Bertz CT molecular complexity index is 596. The van der Waals surface area contributed by atoms with Gasteiger partial charge in [-0.05, 0) is 42.7 Å². The summed E-state index contributed by atoms with van der Waals surface area (Å²) in [5.74, 6) is -0.451. The summed E-state index contributed by atoms with van der Waals surface area (Å²) in [6.07, 6.45) is 0.350. The van der Waals surface area contributed by atoms with Crippen molar-refractivity contribution in [3.05, 3.63) is 64.7 Å². The number of aryl methyl sites for hydroxylation is 1. The normalized spacial score (nSPS) is 12.2. The molecule has 0 aliphatic heterocycles. The molecule has 0 bridgehead atoms. The van der Waals surface area contributed by atoms with Gasteiger partial charge in [0.25, 0.3) is 0 Å². The molecule has 0 spiro atoms. The van der Waals surface area contributed by atoms with E-state index in [4.69, 9.17) is 16.3 Å². The molecule has 0 aliphatic carbocycles. The predicted octanol–water partition coefficient (Wildman–Crippen LogP) is 4.80. The van der Waals surface area contributed by atoms with E-state index in [1.165, 1.54) is 12.1 Å². The molecule has 0 heterocycles. The lowest BCUT2D eigenvalue weighted by Crippen LogP contribution is -2.04. The van der Waals surface area contributed by atoms with E-state index in [0.29, 0.717) is 12.0 Å². The molecular formula is C16H15ClF2O. The third-order valence-corrected chi connectivity index (χ3v) is 3.58. The van der Waals surface area contributed by atoms with E-state index in [-0.39, 0.29) is 5.56 Å². The molecule has 0 amide bonds. The average molecular weight is 297 g/mol. The molecule has 106 valence electrons. The minimum Gasteiger partial charge on any atom is -0.497 e. The Hall–Kier alpha value is -1.61. The van der Waals surface area contributed by atoms with Gasteiger partial charge in [-0.3, -0.25) is 0 Å². The van der Waals surface area contributed by atoms with E-state index in [1.807, 2.05) is 12.1 Å². The van der Waals surface area contributed by atoms with Crippen LogP contribution in [-0.4, -0.2) is 7.11 Å². The van der Waals surface area contributed by atoms with Crippen LogP contribution in [0.15, 0.2) is 36.4 Å². The first-order chi connectivity index (χ1) is 9.52. The number of hydrogen-bond donors (Lipinski definition) is 0. The summed E-state index contributed by atoms with van der Waals surface area (Å²) in [6.45, 7) is 1.59. The third kappa shape index (κ3) is 3.10. The average Bonchev–Trinajstić information content (AvgIpc) is 2.44. The van der Waals surface area contributed by atoms with Crippen LogP contribution in [-0.2, 0) is 6.42 Å². The Morgan fingerprint density at radius 3 is 2.35 bits per heavy atom. The molecule has 0 radical (unpaired) electrons. The molecule has 1 atom stereocenters. The first-order valence-corrected chi connectivity index (χ1v) is 6.68. The smallest absolute Gasteiger partial charge is 0.133 e. The zero-order valence-electron chi connectivity index (χ0n) is 11.3. The van der Waals surface area contributed by atoms with Crippen molar-refractivity contribution < 1.29 is 13.5 Å². The number of alkyl halides is 1. The monoisotopic (exact) mass is 296 g/mol. The van der Waals surface area contributed by atoms with Crippen LogP contribution in [0.1, 0.15) is 22.1 Å². The Kier molecular flexibility index (Phi) is 4.61. The number of halogens is 3. The Morgan fingerprint density at radius 2 is 1.75 bits per heavy atom. The number of hydrogen-bond acceptors (Lipinski definition) is 1. The molecule has 0 N–H and O–H groups in total. The van der Waals surface area contributed by atoms with Crippen LogP contribution >= 0.6 is 11.6 Å². The predicted molar refractivity (Wildman–Crippen MR) is 76.4 cm³/mol. The number of ether oxygens (including phenoxy) is 1. The SMILES string of the molecule is COc1ccc(CC(Cl)c2c(F)ccc(C)c2F)cc1. The van der Waals surface area contributed by atoms with E-state index in [2.05, 4.69) is 0 Å². The quantitative estimate of drug-likeness (QED) is 0.736. The van der Waals surface area contributed by atoms with Crippen molar-refractivity contribution in [3.8, 4) is 5.75 Å². The summed E-state index contributed by atoms with van der Waals surface area (Å²) in [5, 5.41) is -0.747. The van der Waals surface area contributed by atoms with Gasteiger partial charge in [0.15, 0.2) is 0 Å². The summed E-state index contributed by atoms with van der Waals surface area (Å²) >= 11 is 6.19. The van der Waals surface area contributed by atoms with Crippen molar-refractivity contribution in [2.24, 2.45) is 0 Å². The molecule has 0 aliphatic rings. The van der Waals surface area contributed by atoms with Crippen LogP contribution in [0.5, 0.6) is 5.75 Å². The minimum atomic E-state index is -0.747. The number of rotatable bonds is 4. The Balaban J connectivity index is 2.23. The van der Waals surface area contributed by atoms with Gasteiger partial charge in [-0.25, -0.2) is 8.78 Å². The first kappa shape index (κ1) is 14.8. The lowest BCUT2D eigenvalue weighted by Gasteiger charge is -2.13. The van der Waals surface area contributed by atoms with Gasteiger partial charge in [-0.1, -0.05) is 18.2 Å². The van der Waals surface area contributed by atoms with Crippen molar-refractivity contribution in [1.82, 2.24) is 0 Å². The van der Waals surface area contributed by atoms with E-state index >= 15 is 0 Å². The molecule has 2 rings (SSSR count). The fourth-order valence-electron chi connectivity index (χ4n) is 2.04. The molecule has 4 heteroatoms. The van der Waals surface area contributed by atoms with Gasteiger partial charge >= 0.3 is 0 Å². The lowest BCUT2D eigenvalue weighted by atomic mass is 10.0. The van der Waals surface area contributed by atoms with Crippen molar-refractivity contribution in [3.63, 3.8) is 0 Å². The number of benzene rings is 2. The van der Waals surface area contributed by atoms with Gasteiger partial charge in [0.05, 0.1) is 12.5 Å². The van der Waals surface area contributed by atoms with Crippen LogP contribution in [0.25, 0.3) is 0 Å². The molecule has 0 saturated heterocycles. The van der Waals surface area contributed by atoms with Crippen LogP contribution < -0.4 is 4.74 Å². The van der Waals surface area contributed by atoms with Gasteiger partial charge in [-0.2, -0.15) is 0 Å². The summed E-state index contributed by atoms with van der Waals surface area (Å²) < 4.78 is 32.8. The second-order valence-corrected chi connectivity index (χ2v) is 5.14. The second kappa shape index (κ2) is 6.23. The van der Waals surface area contributed by atoms with Gasteiger partial charge in [0.1, 0.15) is 17.4 Å². The fraction of sp³-hybridized carbons (Fsp3) is 0.250. The Morgan fingerprint density at radius 1 is 1.10 bits per heavy atom. The van der Waals surface area contributed by atoms with E-state index < -0.39 is 17.0 Å². The highest BCUT2D eigenvalue weighted by molar-refractivity contribution is 6.21. The van der Waals surface area contributed by atoms with Gasteiger partial charge in [0.2, 0.25) is 0 Å². The van der Waals surface area contributed by atoms with Crippen molar-refractivity contribution in [2.45, 2.75) is 18.7 Å². The summed E-state index contributed by atoms with van der Waals surface area (Å²) in [7, 11) is 1.58. The second-order valence-electron chi connectivity index (χ2n) is 4.61. The molecule has 0 aromatic heterocycles.